The van der Waals surface area contributed by atoms with Crippen molar-refractivity contribution in [1.29, 1.82) is 0 Å². The van der Waals surface area contributed by atoms with Gasteiger partial charge in [-0.1, -0.05) is 6.92 Å². The lowest BCUT2D eigenvalue weighted by Crippen LogP contribution is -2.01. The lowest BCUT2D eigenvalue weighted by molar-refractivity contribution is 0.299. The highest BCUT2D eigenvalue weighted by molar-refractivity contribution is 14.1. The van der Waals surface area contributed by atoms with Crippen LogP contribution in [0.3, 0.4) is 0 Å². The summed E-state index contributed by atoms with van der Waals surface area (Å²) in [6.45, 7) is 2.14. The summed E-state index contributed by atoms with van der Waals surface area (Å²) < 4.78 is 6.85. The number of hydrogen-bond acceptors (Lipinski definition) is 2. The fourth-order valence-electron chi connectivity index (χ4n) is 1.25. The first-order valence-corrected chi connectivity index (χ1v) is 5.69. The van der Waals surface area contributed by atoms with E-state index in [-0.39, 0.29) is 0 Å². The first kappa shape index (κ1) is 9.24. The van der Waals surface area contributed by atoms with Gasteiger partial charge in [0.2, 0.25) is 0 Å². The zero-order valence-electron chi connectivity index (χ0n) is 7.59. The Morgan fingerprint density at radius 2 is 2.38 bits per heavy atom. The summed E-state index contributed by atoms with van der Waals surface area (Å²) in [4.78, 5) is 4.24. The fraction of sp³-hybridized carbons (Fsp3) is 0.500. The molecular formula is C10H12INO. The molecule has 0 radical (unpaired) electrons. The molecule has 70 valence electrons. The molecule has 2 rings (SSSR count). The fourth-order valence-corrected chi connectivity index (χ4v) is 2.05. The van der Waals surface area contributed by atoms with E-state index < -0.39 is 0 Å². The quantitative estimate of drug-likeness (QED) is 0.630. The molecule has 3 heteroatoms. The van der Waals surface area contributed by atoms with Gasteiger partial charge in [-0.25, -0.2) is 4.98 Å². The Hall–Kier alpha value is -0.320. The zero-order valence-corrected chi connectivity index (χ0v) is 9.74. The lowest BCUT2D eigenvalue weighted by atomic mass is 10.2. The second-order valence-electron chi connectivity index (χ2n) is 3.25. The zero-order chi connectivity index (χ0) is 9.26. The van der Waals surface area contributed by atoms with Crippen LogP contribution >= 0.6 is 22.6 Å². The van der Waals surface area contributed by atoms with Gasteiger partial charge < -0.3 is 4.74 Å². The Morgan fingerprint density at radius 1 is 1.62 bits per heavy atom. The van der Waals surface area contributed by atoms with Gasteiger partial charge >= 0.3 is 0 Å². The summed E-state index contributed by atoms with van der Waals surface area (Å²) in [6.07, 6.45) is 5.71. The van der Waals surface area contributed by atoms with E-state index in [9.17, 15) is 0 Å². The van der Waals surface area contributed by atoms with Gasteiger partial charge in [0.25, 0.3) is 0 Å². The van der Waals surface area contributed by atoms with Crippen molar-refractivity contribution in [3.8, 4) is 5.75 Å². The number of ether oxygens (including phenoxy) is 1. The minimum absolute atomic E-state index is 0.475. The van der Waals surface area contributed by atoms with E-state index in [1.54, 1.807) is 0 Å². The van der Waals surface area contributed by atoms with Crippen LogP contribution in [0, 0.1) is 3.70 Å². The molecule has 0 amide bonds. The molecule has 0 aliphatic heterocycles. The number of hydrogen-bond donors (Lipinski definition) is 0. The maximum atomic E-state index is 5.78. The molecule has 1 fully saturated rings. The van der Waals surface area contributed by atoms with E-state index in [1.165, 1.54) is 18.4 Å². The third-order valence-corrected chi connectivity index (χ3v) is 3.06. The Morgan fingerprint density at radius 3 is 3.00 bits per heavy atom. The summed E-state index contributed by atoms with van der Waals surface area (Å²) in [5.74, 6) is 1.03. The molecule has 0 saturated heterocycles. The van der Waals surface area contributed by atoms with Gasteiger partial charge in [0.15, 0.2) is 0 Å². The van der Waals surface area contributed by atoms with Gasteiger partial charge in [-0.2, -0.15) is 0 Å². The molecule has 0 bridgehead atoms. The van der Waals surface area contributed by atoms with Crippen LogP contribution < -0.4 is 4.74 Å². The topological polar surface area (TPSA) is 22.1 Å². The van der Waals surface area contributed by atoms with Crippen LogP contribution in [0.1, 0.15) is 25.3 Å². The number of nitrogens with zero attached hydrogens (tertiary/aromatic N) is 1. The third kappa shape index (κ3) is 2.13. The summed E-state index contributed by atoms with van der Waals surface area (Å²) in [5, 5.41) is 0. The van der Waals surface area contributed by atoms with Crippen molar-refractivity contribution < 1.29 is 4.74 Å². The van der Waals surface area contributed by atoms with Gasteiger partial charge in [-0.3, -0.25) is 0 Å². The van der Waals surface area contributed by atoms with Crippen molar-refractivity contribution in [2.75, 3.05) is 0 Å². The molecule has 1 aliphatic carbocycles. The highest BCUT2D eigenvalue weighted by Gasteiger charge is 2.24. The number of rotatable bonds is 3. The molecule has 1 saturated carbocycles. The molecular weight excluding hydrogens is 277 g/mol. The number of halogens is 1. The summed E-state index contributed by atoms with van der Waals surface area (Å²) in [7, 11) is 0. The van der Waals surface area contributed by atoms with Gasteiger partial charge in [0.05, 0.1) is 6.10 Å². The minimum Gasteiger partial charge on any atom is -0.490 e. The van der Waals surface area contributed by atoms with Crippen molar-refractivity contribution in [2.45, 2.75) is 32.3 Å². The predicted octanol–water partition coefficient (Wildman–Crippen LogP) is 2.79. The van der Waals surface area contributed by atoms with E-state index >= 15 is 0 Å². The van der Waals surface area contributed by atoms with Crippen LogP contribution in [0.2, 0.25) is 0 Å². The molecule has 1 aromatic rings. The van der Waals surface area contributed by atoms with E-state index in [0.29, 0.717) is 6.10 Å². The van der Waals surface area contributed by atoms with Crippen molar-refractivity contribution >= 4 is 22.6 Å². The van der Waals surface area contributed by atoms with Gasteiger partial charge in [0.1, 0.15) is 9.45 Å². The molecule has 0 N–H and O–H groups in total. The first-order chi connectivity index (χ1) is 6.31. The largest absolute Gasteiger partial charge is 0.490 e. The molecule has 13 heavy (non-hydrogen) atoms. The van der Waals surface area contributed by atoms with Crippen LogP contribution in [-0.4, -0.2) is 11.1 Å². The molecule has 0 atom stereocenters. The average molecular weight is 289 g/mol. The predicted molar refractivity (Wildman–Crippen MR) is 60.0 cm³/mol. The van der Waals surface area contributed by atoms with Crippen LogP contribution in [0.4, 0.5) is 0 Å². The lowest BCUT2D eigenvalue weighted by Gasteiger charge is -2.09. The Labute approximate surface area is 91.8 Å². The molecule has 1 aliphatic rings. The molecule has 0 aromatic carbocycles. The highest BCUT2D eigenvalue weighted by Crippen LogP contribution is 2.30. The van der Waals surface area contributed by atoms with Gasteiger partial charge in [-0.15, -0.1) is 0 Å². The van der Waals surface area contributed by atoms with Crippen molar-refractivity contribution in [1.82, 2.24) is 4.98 Å². The summed E-state index contributed by atoms with van der Waals surface area (Å²) >= 11 is 2.26. The smallest absolute Gasteiger partial charge is 0.127 e. The summed E-state index contributed by atoms with van der Waals surface area (Å²) in [5.41, 5.74) is 1.25. The van der Waals surface area contributed by atoms with E-state index in [4.69, 9.17) is 4.74 Å². The number of aromatic nitrogens is 1. The number of pyridine rings is 1. The van der Waals surface area contributed by atoms with E-state index in [2.05, 4.69) is 34.5 Å². The van der Waals surface area contributed by atoms with Crippen LogP contribution in [-0.2, 0) is 6.42 Å². The van der Waals surface area contributed by atoms with E-state index in [0.717, 1.165) is 15.9 Å². The highest BCUT2D eigenvalue weighted by atomic mass is 127. The third-order valence-electron chi connectivity index (χ3n) is 2.13. The van der Waals surface area contributed by atoms with Crippen molar-refractivity contribution in [2.24, 2.45) is 0 Å². The Balaban J connectivity index is 2.25. The van der Waals surface area contributed by atoms with Gasteiger partial charge in [0, 0.05) is 11.8 Å². The van der Waals surface area contributed by atoms with Crippen LogP contribution in [0.5, 0.6) is 5.75 Å². The molecule has 1 heterocycles. The molecule has 2 nitrogen and oxygen atoms in total. The Kier molecular flexibility index (Phi) is 2.71. The van der Waals surface area contributed by atoms with Crippen molar-refractivity contribution in [3.63, 3.8) is 0 Å². The van der Waals surface area contributed by atoms with Crippen molar-refractivity contribution in [3.05, 3.63) is 21.5 Å². The second kappa shape index (κ2) is 3.82. The molecule has 0 unspecified atom stereocenters. The molecule has 0 spiro atoms. The first-order valence-electron chi connectivity index (χ1n) is 4.61. The average Bonchev–Trinajstić information content (AvgIpc) is 2.89. The standard InChI is InChI=1S/C10H12INO/c1-2-8-9(13-7-3-4-7)5-6-12-10(8)11/h5-7H,2-4H2,1H3. The second-order valence-corrected chi connectivity index (χ2v) is 4.27. The SMILES string of the molecule is CCc1c(OC2CC2)ccnc1I. The monoisotopic (exact) mass is 289 g/mol. The van der Waals surface area contributed by atoms with Gasteiger partial charge in [-0.05, 0) is 47.9 Å². The minimum atomic E-state index is 0.475. The Bertz CT molecular complexity index is 310. The maximum absolute atomic E-state index is 5.78. The van der Waals surface area contributed by atoms with Crippen LogP contribution in [0.15, 0.2) is 12.3 Å². The summed E-state index contributed by atoms with van der Waals surface area (Å²) in [6, 6.07) is 1.97. The van der Waals surface area contributed by atoms with E-state index in [1.807, 2.05) is 12.3 Å². The maximum Gasteiger partial charge on any atom is 0.127 e. The van der Waals surface area contributed by atoms with Crippen LogP contribution in [0.25, 0.3) is 0 Å². The molecule has 1 aromatic heterocycles. The normalized spacial score (nSPS) is 15.8.